The van der Waals surface area contributed by atoms with Gasteiger partial charge in [0, 0.05) is 33.3 Å². The minimum Gasteiger partial charge on any atom is -0.494 e. The number of benzene rings is 1. The van der Waals surface area contributed by atoms with Crippen molar-refractivity contribution in [3.8, 4) is 5.75 Å². The lowest BCUT2D eigenvalue weighted by atomic mass is 9.90. The maximum Gasteiger partial charge on any atom is 0.297 e. The number of methoxy groups -OCH3 is 1. The average molecular weight is 468 g/mol. The molecule has 3 aromatic rings. The van der Waals surface area contributed by atoms with Crippen molar-refractivity contribution in [1.82, 2.24) is 24.4 Å². The van der Waals surface area contributed by atoms with Crippen LogP contribution in [0, 0.1) is 11.7 Å². The van der Waals surface area contributed by atoms with Gasteiger partial charge in [0.05, 0.1) is 18.8 Å². The largest absolute Gasteiger partial charge is 0.494 e. The summed E-state index contributed by atoms with van der Waals surface area (Å²) in [7, 11) is 4.39. The molecule has 1 saturated heterocycles. The number of aromatic nitrogens is 3. The van der Waals surface area contributed by atoms with E-state index < -0.39 is 11.7 Å². The molecule has 10 heteroatoms. The Bertz CT molecular complexity index is 1230. The summed E-state index contributed by atoms with van der Waals surface area (Å²) in [5.74, 6) is -1.63. The van der Waals surface area contributed by atoms with Crippen LogP contribution in [0.5, 0.6) is 5.75 Å². The first-order valence-electron chi connectivity index (χ1n) is 11.0. The van der Waals surface area contributed by atoms with E-state index in [1.165, 1.54) is 44.1 Å². The van der Waals surface area contributed by atoms with Crippen LogP contribution in [0.3, 0.4) is 0 Å². The fourth-order valence-corrected chi connectivity index (χ4v) is 4.12. The summed E-state index contributed by atoms with van der Waals surface area (Å²) in [4.78, 5) is 44.9. The molecular formula is C24H26FN5O4. The maximum absolute atomic E-state index is 13.3. The van der Waals surface area contributed by atoms with E-state index in [0.717, 1.165) is 29.7 Å². The number of ketones is 1. The second kappa shape index (κ2) is 9.58. The van der Waals surface area contributed by atoms with Gasteiger partial charge >= 0.3 is 0 Å². The smallest absolute Gasteiger partial charge is 0.297 e. The summed E-state index contributed by atoms with van der Waals surface area (Å²) in [6, 6.07) is 8.09. The highest BCUT2D eigenvalue weighted by atomic mass is 19.1. The quantitative estimate of drug-likeness (QED) is 0.408. The van der Waals surface area contributed by atoms with Gasteiger partial charge in [-0.1, -0.05) is 12.1 Å². The number of ether oxygens (including phenoxy) is 1. The van der Waals surface area contributed by atoms with Crippen LogP contribution in [0.25, 0.3) is 5.52 Å². The molecule has 0 unspecified atom stereocenters. The molecular weight excluding hydrogens is 441 g/mol. The van der Waals surface area contributed by atoms with Gasteiger partial charge in [-0.15, -0.1) is 0 Å². The van der Waals surface area contributed by atoms with Gasteiger partial charge in [-0.25, -0.2) is 13.9 Å². The summed E-state index contributed by atoms with van der Waals surface area (Å²) in [6.07, 6.45) is 3.84. The third-order valence-corrected chi connectivity index (χ3v) is 6.04. The van der Waals surface area contributed by atoms with E-state index >= 15 is 0 Å². The van der Waals surface area contributed by atoms with Crippen LogP contribution >= 0.6 is 0 Å². The summed E-state index contributed by atoms with van der Waals surface area (Å²) in [5.41, 5.74) is 1.56. The topological polar surface area (TPSA) is 97.1 Å². The van der Waals surface area contributed by atoms with Crippen molar-refractivity contribution < 1.29 is 23.5 Å². The first-order valence-corrected chi connectivity index (χ1v) is 11.0. The van der Waals surface area contributed by atoms with Gasteiger partial charge < -0.3 is 14.5 Å². The molecule has 1 aromatic carbocycles. The fourth-order valence-electron chi connectivity index (χ4n) is 4.12. The maximum atomic E-state index is 13.3. The van der Waals surface area contributed by atoms with E-state index in [-0.39, 0.29) is 29.0 Å². The lowest BCUT2D eigenvalue weighted by Gasteiger charge is -2.32. The van der Waals surface area contributed by atoms with Gasteiger partial charge in [0.1, 0.15) is 5.82 Å². The molecule has 0 spiro atoms. The lowest BCUT2D eigenvalue weighted by Crippen LogP contribution is -2.39. The van der Waals surface area contributed by atoms with Crippen molar-refractivity contribution in [2.45, 2.75) is 19.3 Å². The highest BCUT2D eigenvalue weighted by molar-refractivity contribution is 6.41. The van der Waals surface area contributed by atoms with E-state index in [0.29, 0.717) is 24.5 Å². The van der Waals surface area contributed by atoms with Crippen LogP contribution in [0.4, 0.5) is 4.39 Å². The van der Waals surface area contributed by atoms with Crippen LogP contribution in [0.1, 0.15) is 39.5 Å². The molecule has 2 amide bonds. The van der Waals surface area contributed by atoms with Crippen molar-refractivity contribution in [1.29, 1.82) is 0 Å². The predicted octanol–water partition coefficient (Wildman–Crippen LogP) is 2.24. The van der Waals surface area contributed by atoms with Crippen LogP contribution in [-0.4, -0.2) is 76.3 Å². The Kier molecular flexibility index (Phi) is 6.58. The van der Waals surface area contributed by atoms with E-state index in [2.05, 4.69) is 10.1 Å². The molecule has 2 aromatic heterocycles. The van der Waals surface area contributed by atoms with E-state index in [4.69, 9.17) is 4.74 Å². The third kappa shape index (κ3) is 4.61. The standard InChI is InChI=1S/C24H26FN5O4/c1-28(2)24(33)21(31)22-26-14-18-13-19(34-3)20(27-30(18)22)23(32)29-10-8-16(9-11-29)12-15-4-6-17(25)7-5-15/h4-7,13-14,16H,8-12H2,1-3H3. The molecule has 34 heavy (non-hydrogen) atoms. The Hall–Kier alpha value is -3.82. The fraction of sp³-hybridized carbons (Fsp3) is 0.375. The summed E-state index contributed by atoms with van der Waals surface area (Å²) >= 11 is 0. The number of Topliss-reactive ketones (excluding diaryl/α,β-unsaturated/α-hetero) is 1. The second-order valence-corrected chi connectivity index (χ2v) is 8.57. The number of likely N-dealkylation sites (tertiary alicyclic amines) is 1. The van der Waals surface area contributed by atoms with Gasteiger partial charge in [0.2, 0.25) is 5.82 Å². The number of fused-ring (bicyclic) bond motifs is 1. The zero-order chi connectivity index (χ0) is 24.4. The molecule has 4 rings (SSSR count). The number of hydrogen-bond acceptors (Lipinski definition) is 6. The Balaban J connectivity index is 1.52. The van der Waals surface area contributed by atoms with Crippen molar-refractivity contribution in [2.75, 3.05) is 34.3 Å². The molecule has 178 valence electrons. The van der Waals surface area contributed by atoms with Crippen LogP contribution in [0.15, 0.2) is 36.5 Å². The van der Waals surface area contributed by atoms with Gasteiger partial charge in [0.25, 0.3) is 17.6 Å². The number of halogens is 1. The number of piperidine rings is 1. The minimum absolute atomic E-state index is 0.0522. The number of nitrogens with zero attached hydrogens (tertiary/aromatic N) is 5. The molecule has 0 saturated carbocycles. The minimum atomic E-state index is -0.817. The Labute approximate surface area is 196 Å². The SMILES string of the molecule is COc1cc2cnc(C(=O)C(=O)N(C)C)n2nc1C(=O)N1CCC(Cc2ccc(F)cc2)CC1. The highest BCUT2D eigenvalue weighted by Gasteiger charge is 2.29. The first kappa shape index (κ1) is 23.3. The molecule has 0 atom stereocenters. The third-order valence-electron chi connectivity index (χ3n) is 6.04. The van der Waals surface area contributed by atoms with E-state index in [1.807, 2.05) is 0 Å². The molecule has 1 aliphatic heterocycles. The summed E-state index contributed by atoms with van der Waals surface area (Å²) < 4.78 is 19.7. The van der Waals surface area contributed by atoms with E-state index in [1.54, 1.807) is 23.1 Å². The highest BCUT2D eigenvalue weighted by Crippen LogP contribution is 2.26. The average Bonchev–Trinajstić information content (AvgIpc) is 3.26. The van der Waals surface area contributed by atoms with Gasteiger partial charge in [-0.2, -0.15) is 5.10 Å². The predicted molar refractivity (Wildman–Crippen MR) is 121 cm³/mol. The number of likely N-dealkylation sites (N-methyl/N-ethyl adjacent to an activating group) is 1. The summed E-state index contributed by atoms with van der Waals surface area (Å²) in [6.45, 7) is 1.09. The van der Waals surface area contributed by atoms with Crippen LogP contribution < -0.4 is 4.74 Å². The number of amides is 2. The molecule has 0 bridgehead atoms. The number of carbonyl (C=O) groups excluding carboxylic acids is 3. The summed E-state index contributed by atoms with van der Waals surface area (Å²) in [5, 5.41) is 4.35. The number of rotatable bonds is 6. The van der Waals surface area contributed by atoms with Crippen molar-refractivity contribution in [3.05, 3.63) is 59.4 Å². The molecule has 1 aliphatic rings. The van der Waals surface area contributed by atoms with Crippen molar-refractivity contribution >= 4 is 23.1 Å². The number of hydrogen-bond donors (Lipinski definition) is 0. The van der Waals surface area contributed by atoms with Crippen molar-refractivity contribution in [2.24, 2.45) is 5.92 Å². The van der Waals surface area contributed by atoms with Gasteiger partial charge in [0.15, 0.2) is 11.4 Å². The molecule has 9 nitrogen and oxygen atoms in total. The van der Waals surface area contributed by atoms with E-state index in [9.17, 15) is 18.8 Å². The molecule has 0 aliphatic carbocycles. The zero-order valence-electron chi connectivity index (χ0n) is 19.3. The van der Waals surface area contributed by atoms with Crippen molar-refractivity contribution in [3.63, 3.8) is 0 Å². The molecule has 1 fully saturated rings. The van der Waals surface area contributed by atoms with Gasteiger partial charge in [-0.3, -0.25) is 14.4 Å². The number of carbonyl (C=O) groups is 3. The van der Waals surface area contributed by atoms with Crippen LogP contribution in [-0.2, 0) is 11.2 Å². The van der Waals surface area contributed by atoms with Crippen LogP contribution in [0.2, 0.25) is 0 Å². The zero-order valence-corrected chi connectivity index (χ0v) is 19.3. The normalized spacial score (nSPS) is 14.3. The Morgan fingerprint density at radius 3 is 2.44 bits per heavy atom. The molecule has 0 radical (unpaired) electrons. The molecule has 3 heterocycles. The second-order valence-electron chi connectivity index (χ2n) is 8.57. The first-order chi connectivity index (χ1) is 16.3. The molecule has 0 N–H and O–H groups in total. The lowest BCUT2D eigenvalue weighted by molar-refractivity contribution is -0.124. The van der Waals surface area contributed by atoms with Gasteiger partial charge in [-0.05, 0) is 42.9 Å². The number of imidazole rings is 1. The Morgan fingerprint density at radius 2 is 1.82 bits per heavy atom. The Morgan fingerprint density at radius 1 is 1.15 bits per heavy atom. The monoisotopic (exact) mass is 467 g/mol.